The van der Waals surface area contributed by atoms with Gasteiger partial charge in [-0.3, -0.25) is 0 Å². The van der Waals surface area contributed by atoms with E-state index in [4.69, 9.17) is 30.1 Å². The molecule has 0 bridgehead atoms. The molecule has 0 amide bonds. The first-order valence-electron chi connectivity index (χ1n) is 1.43. The molecule has 52 valence electrons. The van der Waals surface area contributed by atoms with Crippen molar-refractivity contribution >= 4 is 13.5 Å². The van der Waals surface area contributed by atoms with Crippen LogP contribution < -0.4 is 59.1 Å². The fourth-order valence-corrected chi connectivity index (χ4v) is 0. The summed E-state index contributed by atoms with van der Waals surface area (Å²) in [6.45, 7) is 0. The van der Waals surface area contributed by atoms with Gasteiger partial charge in [-0.2, -0.15) is 0 Å². The average Bonchev–Trinajstić information content (AvgIpc) is 1.25. The molecule has 6 nitrogen and oxygen atoms in total. The van der Waals surface area contributed by atoms with Crippen LogP contribution in [-0.2, 0) is 0 Å². The minimum atomic E-state index is -2.17. The van der Waals surface area contributed by atoms with Crippen LogP contribution in [0.5, 0.6) is 0 Å². The van der Waals surface area contributed by atoms with Crippen LogP contribution in [0.25, 0.3) is 0 Å². The molecule has 0 spiro atoms. The summed E-state index contributed by atoms with van der Waals surface area (Å²) in [6.07, 6.45) is -1.83. The van der Waals surface area contributed by atoms with Crippen LogP contribution in [0, 0.1) is 0 Å². The smallest absolute Gasteiger partial charge is 1.00 e. The first-order valence-corrected chi connectivity index (χ1v) is 1.43. The summed E-state index contributed by atoms with van der Waals surface area (Å²) in [6, 6.07) is 0. The summed E-state index contributed by atoms with van der Waals surface area (Å²) >= 11 is 0. The van der Waals surface area contributed by atoms with Crippen molar-refractivity contribution in [2.45, 2.75) is 0 Å². The summed E-state index contributed by atoms with van der Waals surface area (Å²) < 4.78 is 0. The molecule has 0 unspecified atom stereocenters. The normalized spacial score (nSPS) is 5.10. The first-order chi connectivity index (χ1) is 3.46. The second-order valence-corrected chi connectivity index (χ2v) is 0.629. The fourth-order valence-electron chi connectivity index (χ4n) is 0. The van der Waals surface area contributed by atoms with E-state index in [-0.39, 0.29) is 62.0 Å². The van der Waals surface area contributed by atoms with Gasteiger partial charge in [0.15, 0.2) is 0 Å². The van der Waals surface area contributed by atoms with Gasteiger partial charge in [0.05, 0.1) is 0 Å². The Balaban J connectivity index is -0.0000000112. The first kappa shape index (κ1) is 22.5. The van der Waals surface area contributed by atoms with Gasteiger partial charge in [-0.25, -0.2) is 4.79 Å². The van der Waals surface area contributed by atoms with Crippen molar-refractivity contribution in [1.29, 1.82) is 0 Å². The standard InChI is InChI=1S/CH2O3.BH3O3.2Na.2H/c2*2-1(3)4;;;;/h(H2,2,3,4);2-4H;;;;/q;;2*+1;2*-1. The van der Waals surface area contributed by atoms with Crippen LogP contribution >= 0.6 is 0 Å². The SMILES string of the molecule is O=C(O)O.OB(O)O.[H-].[H-].[Na+].[Na+]. The summed E-state index contributed by atoms with van der Waals surface area (Å²) in [5.41, 5.74) is 0. The topological polar surface area (TPSA) is 118 Å². The Labute approximate surface area is 105 Å². The predicted octanol–water partition coefficient (Wildman–Crippen LogP) is -7.60. The molecule has 0 saturated carbocycles. The van der Waals surface area contributed by atoms with E-state index < -0.39 is 13.5 Å². The van der Waals surface area contributed by atoms with Crippen molar-refractivity contribution in [2.24, 2.45) is 0 Å². The maximum Gasteiger partial charge on any atom is 1.00 e. The van der Waals surface area contributed by atoms with Gasteiger partial charge >= 0.3 is 72.6 Å². The van der Waals surface area contributed by atoms with E-state index in [9.17, 15) is 0 Å². The molecule has 0 aromatic heterocycles. The molecule has 0 aromatic carbocycles. The third-order valence-electron chi connectivity index (χ3n) is 0. The van der Waals surface area contributed by atoms with Crippen molar-refractivity contribution in [3.05, 3.63) is 0 Å². The van der Waals surface area contributed by atoms with Crippen LogP contribution in [-0.4, -0.2) is 38.8 Å². The maximum atomic E-state index is 8.56. The molecule has 0 fully saturated rings. The number of carbonyl (C=O) groups is 1. The Morgan fingerprint density at radius 2 is 1.10 bits per heavy atom. The number of carboxylic acid groups (broad SMARTS) is 2. The Morgan fingerprint density at radius 3 is 1.10 bits per heavy atom. The Morgan fingerprint density at radius 1 is 1.10 bits per heavy atom. The zero-order valence-electron chi connectivity index (χ0n) is 7.72. The molecule has 0 saturated heterocycles. The van der Waals surface area contributed by atoms with Crippen molar-refractivity contribution < 1.29 is 92.0 Å². The van der Waals surface area contributed by atoms with Gasteiger partial charge in [0.1, 0.15) is 0 Å². The summed E-state index contributed by atoms with van der Waals surface area (Å²) in [4.78, 5) is 8.56. The van der Waals surface area contributed by atoms with Crippen molar-refractivity contribution in [2.75, 3.05) is 0 Å². The van der Waals surface area contributed by atoms with Gasteiger partial charge in [0.25, 0.3) is 0 Å². The largest absolute Gasteiger partial charge is 1.00 e. The molecule has 9 heteroatoms. The molecule has 0 aliphatic rings. The second kappa shape index (κ2) is 16.7. The van der Waals surface area contributed by atoms with Crippen LogP contribution in [0.1, 0.15) is 2.85 Å². The zero-order chi connectivity index (χ0) is 7.15. The van der Waals surface area contributed by atoms with Crippen LogP contribution in [0.2, 0.25) is 0 Å². The monoisotopic (exact) mass is 172 g/mol. The molecule has 0 aromatic rings. The van der Waals surface area contributed by atoms with E-state index in [2.05, 4.69) is 0 Å². The van der Waals surface area contributed by atoms with Gasteiger partial charge in [-0.05, 0) is 0 Å². The molecule has 0 heterocycles. The fraction of sp³-hybridized carbons (Fsp3) is 0. The molecule has 0 rings (SSSR count). The van der Waals surface area contributed by atoms with Crippen LogP contribution in [0.3, 0.4) is 0 Å². The van der Waals surface area contributed by atoms with Crippen molar-refractivity contribution in [3.8, 4) is 0 Å². The Hall–Kier alpha value is 1.21. The van der Waals surface area contributed by atoms with E-state index in [0.29, 0.717) is 0 Å². The Kier molecular flexibility index (Phi) is 37.5. The van der Waals surface area contributed by atoms with E-state index >= 15 is 0 Å². The summed E-state index contributed by atoms with van der Waals surface area (Å²) in [7, 11) is -2.17. The molecule has 0 aliphatic heterocycles. The zero-order valence-corrected chi connectivity index (χ0v) is 9.72. The summed E-state index contributed by atoms with van der Waals surface area (Å²) in [5.74, 6) is 0. The van der Waals surface area contributed by atoms with E-state index in [1.165, 1.54) is 0 Å². The molecule has 0 atom stereocenters. The molecule has 0 aliphatic carbocycles. The number of rotatable bonds is 0. The van der Waals surface area contributed by atoms with Gasteiger partial charge in [-0.1, -0.05) is 0 Å². The minimum Gasteiger partial charge on any atom is -1.00 e. The molecule has 10 heavy (non-hydrogen) atoms. The average molecular weight is 172 g/mol. The van der Waals surface area contributed by atoms with Crippen molar-refractivity contribution in [3.63, 3.8) is 0 Å². The van der Waals surface area contributed by atoms with Gasteiger partial charge < -0.3 is 28.1 Å². The minimum absolute atomic E-state index is 0. The third kappa shape index (κ3) is 421. The molecule has 5 N–H and O–H groups in total. The van der Waals surface area contributed by atoms with Gasteiger partial charge in [0.2, 0.25) is 0 Å². The molecular formula is CH7BNa2O6. The molecular weight excluding hydrogens is 165 g/mol. The number of hydrogen-bond acceptors (Lipinski definition) is 4. The van der Waals surface area contributed by atoms with Crippen LogP contribution in [0.15, 0.2) is 0 Å². The summed E-state index contributed by atoms with van der Waals surface area (Å²) in [5, 5.41) is 35.4. The molecule has 0 radical (unpaired) electrons. The predicted molar refractivity (Wildman–Crippen MR) is 25.3 cm³/mol. The van der Waals surface area contributed by atoms with E-state index in [0.717, 1.165) is 0 Å². The Bertz CT molecular complexity index is 67.8. The maximum absolute atomic E-state index is 8.56. The van der Waals surface area contributed by atoms with Gasteiger partial charge in [-0.15, -0.1) is 0 Å². The van der Waals surface area contributed by atoms with Gasteiger partial charge in [0, 0.05) is 0 Å². The quantitative estimate of drug-likeness (QED) is 0.231. The second-order valence-electron chi connectivity index (χ2n) is 0.629. The van der Waals surface area contributed by atoms with E-state index in [1.54, 1.807) is 0 Å². The van der Waals surface area contributed by atoms with Crippen molar-refractivity contribution in [1.82, 2.24) is 0 Å². The number of hydrogen-bond donors (Lipinski definition) is 5. The third-order valence-corrected chi connectivity index (χ3v) is 0. The van der Waals surface area contributed by atoms with E-state index in [1.807, 2.05) is 0 Å². The van der Waals surface area contributed by atoms with Crippen LogP contribution in [0.4, 0.5) is 4.79 Å².